The van der Waals surface area contributed by atoms with E-state index >= 15 is 0 Å². The minimum absolute atomic E-state index is 0.0345. The molecule has 0 aliphatic heterocycles. The first kappa shape index (κ1) is 28.2. The average molecular weight is 560 g/mol. The number of benzene rings is 4. The molecule has 40 heavy (non-hydrogen) atoms. The molecule has 0 aliphatic rings. The topological polar surface area (TPSA) is 114 Å². The minimum Gasteiger partial charge on any atom is -0.497 e. The first-order valence-electron chi connectivity index (χ1n) is 12.3. The van der Waals surface area contributed by atoms with Gasteiger partial charge in [0.1, 0.15) is 18.0 Å². The third-order valence-corrected chi connectivity index (χ3v) is 7.80. The van der Waals surface area contributed by atoms with Crippen LogP contribution in [0, 0.1) is 0 Å². The molecule has 0 heterocycles. The van der Waals surface area contributed by atoms with E-state index in [1.165, 1.54) is 38.5 Å². The minimum atomic E-state index is -4.21. The number of rotatable bonds is 11. The lowest BCUT2D eigenvalue weighted by atomic mass is 10.1. The van der Waals surface area contributed by atoms with Crippen LogP contribution >= 0.6 is 0 Å². The van der Waals surface area contributed by atoms with Crippen molar-refractivity contribution < 1.29 is 27.5 Å². The van der Waals surface area contributed by atoms with E-state index in [1.54, 1.807) is 48.5 Å². The molecule has 0 saturated heterocycles. The number of hydrogen-bond donors (Lipinski definition) is 2. The second-order valence-electron chi connectivity index (χ2n) is 8.62. The van der Waals surface area contributed by atoms with Gasteiger partial charge < -0.3 is 20.1 Å². The number of nitrogens with zero attached hydrogens (tertiary/aromatic N) is 1. The van der Waals surface area contributed by atoms with Crippen LogP contribution in [0.4, 0.5) is 11.4 Å². The van der Waals surface area contributed by atoms with Crippen LogP contribution in [0.3, 0.4) is 0 Å². The number of hydrogen-bond acceptors (Lipinski definition) is 6. The Balaban J connectivity index is 1.60. The summed E-state index contributed by atoms with van der Waals surface area (Å²) in [4.78, 5) is 26.2. The van der Waals surface area contributed by atoms with Gasteiger partial charge in [-0.2, -0.15) is 0 Å². The SMILES string of the molecule is COc1ccc(S(=O)(=O)N(CC(=O)Nc2ccccc2C(=O)NCc2ccccc2)c2ccccc2OC)cc1. The first-order chi connectivity index (χ1) is 19.3. The van der Waals surface area contributed by atoms with Crippen LogP contribution in [-0.4, -0.2) is 41.0 Å². The third-order valence-electron chi connectivity index (χ3n) is 6.03. The van der Waals surface area contributed by atoms with E-state index < -0.39 is 22.5 Å². The zero-order valence-corrected chi connectivity index (χ0v) is 22.9. The number of carbonyl (C=O) groups is 2. The maximum Gasteiger partial charge on any atom is 0.264 e. The molecule has 0 atom stereocenters. The number of sulfonamides is 1. The Morgan fingerprint density at radius 1 is 0.775 bits per heavy atom. The summed E-state index contributed by atoms with van der Waals surface area (Å²) in [7, 11) is -1.31. The van der Waals surface area contributed by atoms with Crippen molar-refractivity contribution in [3.05, 3.63) is 114 Å². The van der Waals surface area contributed by atoms with Gasteiger partial charge in [-0.25, -0.2) is 8.42 Å². The fourth-order valence-corrected chi connectivity index (χ4v) is 5.43. The van der Waals surface area contributed by atoms with E-state index in [-0.39, 0.29) is 33.5 Å². The zero-order valence-electron chi connectivity index (χ0n) is 22.0. The number of nitrogens with one attached hydrogen (secondary N) is 2. The van der Waals surface area contributed by atoms with Gasteiger partial charge in [-0.3, -0.25) is 13.9 Å². The van der Waals surface area contributed by atoms with Crippen LogP contribution in [0.15, 0.2) is 108 Å². The predicted molar refractivity (Wildman–Crippen MR) is 153 cm³/mol. The fourth-order valence-electron chi connectivity index (χ4n) is 3.99. The highest BCUT2D eigenvalue weighted by Crippen LogP contribution is 2.32. The Bertz CT molecular complexity index is 1570. The van der Waals surface area contributed by atoms with Gasteiger partial charge in [0.2, 0.25) is 5.91 Å². The summed E-state index contributed by atoms with van der Waals surface area (Å²) in [6.45, 7) is -0.266. The van der Waals surface area contributed by atoms with E-state index in [0.717, 1.165) is 9.87 Å². The van der Waals surface area contributed by atoms with Crippen molar-refractivity contribution in [1.82, 2.24) is 5.32 Å². The summed E-state index contributed by atoms with van der Waals surface area (Å²) in [6.07, 6.45) is 0. The summed E-state index contributed by atoms with van der Waals surface area (Å²) in [5, 5.41) is 5.54. The van der Waals surface area contributed by atoms with Gasteiger partial charge in [0.05, 0.1) is 36.1 Å². The third kappa shape index (κ3) is 6.59. The van der Waals surface area contributed by atoms with Crippen LogP contribution in [0.2, 0.25) is 0 Å². The smallest absolute Gasteiger partial charge is 0.264 e. The first-order valence-corrected chi connectivity index (χ1v) is 13.8. The molecule has 4 aromatic carbocycles. The summed E-state index contributed by atoms with van der Waals surface area (Å²) < 4.78 is 39.1. The highest BCUT2D eigenvalue weighted by molar-refractivity contribution is 7.92. The molecule has 0 spiro atoms. The molecule has 0 unspecified atom stereocenters. The van der Waals surface area contributed by atoms with Crippen molar-refractivity contribution in [2.24, 2.45) is 0 Å². The summed E-state index contributed by atoms with van der Waals surface area (Å²) in [5.41, 5.74) is 1.60. The van der Waals surface area contributed by atoms with Gasteiger partial charge in [-0.1, -0.05) is 54.6 Å². The molecule has 0 fully saturated rings. The van der Waals surface area contributed by atoms with Crippen LogP contribution in [0.25, 0.3) is 0 Å². The van der Waals surface area contributed by atoms with Gasteiger partial charge in [-0.15, -0.1) is 0 Å². The lowest BCUT2D eigenvalue weighted by molar-refractivity contribution is -0.114. The second-order valence-corrected chi connectivity index (χ2v) is 10.5. The van der Waals surface area contributed by atoms with Gasteiger partial charge >= 0.3 is 0 Å². The normalized spacial score (nSPS) is 10.8. The van der Waals surface area contributed by atoms with Crippen molar-refractivity contribution in [3.8, 4) is 11.5 Å². The van der Waals surface area contributed by atoms with E-state index in [9.17, 15) is 18.0 Å². The van der Waals surface area contributed by atoms with Crippen LogP contribution < -0.4 is 24.4 Å². The van der Waals surface area contributed by atoms with Gasteiger partial charge in [0.25, 0.3) is 15.9 Å². The molecule has 0 aliphatic carbocycles. The molecule has 0 radical (unpaired) electrons. The number of amides is 2. The van der Waals surface area contributed by atoms with Crippen LogP contribution in [0.5, 0.6) is 11.5 Å². The van der Waals surface area contributed by atoms with Gasteiger partial charge in [0.15, 0.2) is 0 Å². The molecule has 9 nitrogen and oxygen atoms in total. The molecular weight excluding hydrogens is 530 g/mol. The molecule has 206 valence electrons. The molecule has 0 saturated carbocycles. The highest BCUT2D eigenvalue weighted by atomic mass is 32.2. The zero-order chi connectivity index (χ0) is 28.5. The Hall–Kier alpha value is -4.83. The average Bonchev–Trinajstić information content (AvgIpc) is 2.99. The maximum absolute atomic E-state index is 13.8. The molecule has 2 N–H and O–H groups in total. The van der Waals surface area contributed by atoms with E-state index in [1.807, 2.05) is 30.3 Å². The number of carbonyl (C=O) groups excluding carboxylic acids is 2. The van der Waals surface area contributed by atoms with E-state index in [0.29, 0.717) is 12.3 Å². The Labute approximate surface area is 233 Å². The van der Waals surface area contributed by atoms with Crippen molar-refractivity contribution in [2.75, 3.05) is 30.4 Å². The number of anilines is 2. The molecule has 10 heteroatoms. The summed E-state index contributed by atoms with van der Waals surface area (Å²) in [6, 6.07) is 28.3. The standard InChI is InChI=1S/C30H29N3O6S/c1-38-23-16-18-24(19-17-23)40(36,37)33(27-14-8-9-15-28(27)39-2)21-29(34)32-26-13-7-6-12-25(26)30(35)31-20-22-10-4-3-5-11-22/h3-19H,20-21H2,1-2H3,(H,31,35)(H,32,34). The quantitative estimate of drug-likeness (QED) is 0.280. The van der Waals surface area contributed by atoms with E-state index in [4.69, 9.17) is 9.47 Å². The lowest BCUT2D eigenvalue weighted by Crippen LogP contribution is -2.38. The van der Waals surface area contributed by atoms with Crippen LogP contribution in [0.1, 0.15) is 15.9 Å². The van der Waals surface area contributed by atoms with Crippen molar-refractivity contribution in [3.63, 3.8) is 0 Å². The molecule has 2 amide bonds. The second kappa shape index (κ2) is 12.8. The number of methoxy groups -OCH3 is 2. The molecular formula is C30H29N3O6S. The Morgan fingerprint density at radius 3 is 2.12 bits per heavy atom. The lowest BCUT2D eigenvalue weighted by Gasteiger charge is -2.26. The van der Waals surface area contributed by atoms with Crippen molar-refractivity contribution in [1.29, 1.82) is 0 Å². The monoisotopic (exact) mass is 559 g/mol. The Morgan fingerprint density at radius 2 is 1.43 bits per heavy atom. The fraction of sp³-hybridized carbons (Fsp3) is 0.133. The number of para-hydroxylation sites is 3. The number of ether oxygens (including phenoxy) is 2. The molecule has 0 aromatic heterocycles. The molecule has 4 rings (SSSR count). The summed E-state index contributed by atoms with van der Waals surface area (Å²) >= 11 is 0. The Kier molecular flexibility index (Phi) is 9.03. The molecule has 0 bridgehead atoms. The molecule has 4 aromatic rings. The van der Waals surface area contributed by atoms with E-state index in [2.05, 4.69) is 10.6 Å². The van der Waals surface area contributed by atoms with Gasteiger partial charge in [0, 0.05) is 6.54 Å². The maximum atomic E-state index is 13.8. The predicted octanol–water partition coefficient (Wildman–Crippen LogP) is 4.47. The van der Waals surface area contributed by atoms with Crippen molar-refractivity contribution >= 4 is 33.2 Å². The van der Waals surface area contributed by atoms with Gasteiger partial charge in [-0.05, 0) is 54.1 Å². The summed E-state index contributed by atoms with van der Waals surface area (Å²) in [5.74, 6) is -0.269. The van der Waals surface area contributed by atoms with Crippen molar-refractivity contribution in [2.45, 2.75) is 11.4 Å². The highest BCUT2D eigenvalue weighted by Gasteiger charge is 2.30. The largest absolute Gasteiger partial charge is 0.497 e. The van der Waals surface area contributed by atoms with Crippen LogP contribution in [-0.2, 0) is 21.4 Å².